The molecule has 2 aliphatic heterocycles. The minimum Gasteiger partial charge on any atom is -0.402 e. The number of likely N-dealkylation sites (tertiary alicyclic amines) is 1. The van der Waals surface area contributed by atoms with Crippen molar-refractivity contribution in [3.8, 4) is 0 Å². The fraction of sp³-hybridized carbons (Fsp3) is 0.462. The number of fused-ring (bicyclic) bond motifs is 1. The third kappa shape index (κ3) is 1.83. The molecule has 0 bridgehead atoms. The number of hydrogen-bond acceptors (Lipinski definition) is 4. The molecule has 1 atom stereocenters. The molecule has 0 aromatic heterocycles. The fourth-order valence-electron chi connectivity index (χ4n) is 2.85. The van der Waals surface area contributed by atoms with Gasteiger partial charge in [0, 0.05) is 29.8 Å². The maximum Gasteiger partial charge on any atom is 0.254 e. The average Bonchev–Trinajstić information content (AvgIpc) is 2.69. The Hall–Kier alpha value is -2.11. The zero-order chi connectivity index (χ0) is 13.6. The molecule has 3 rings (SSSR count). The van der Waals surface area contributed by atoms with Crippen LogP contribution in [0, 0.1) is 0 Å². The third-order valence-electron chi connectivity index (χ3n) is 3.88. The molecule has 100 valence electrons. The molecular formula is C13H15N3O3. The van der Waals surface area contributed by atoms with E-state index < -0.39 is 6.04 Å². The molecule has 6 heteroatoms. The molecule has 3 aliphatic rings. The first-order chi connectivity index (χ1) is 9.08. The highest BCUT2D eigenvalue weighted by Gasteiger charge is 2.41. The Morgan fingerprint density at radius 1 is 1.26 bits per heavy atom. The third-order valence-corrected chi connectivity index (χ3v) is 3.88. The van der Waals surface area contributed by atoms with Crippen LogP contribution in [0.1, 0.15) is 25.7 Å². The van der Waals surface area contributed by atoms with Crippen LogP contribution in [-0.4, -0.2) is 35.2 Å². The number of nitrogens with two attached hydrogens (primary N) is 1. The Balaban J connectivity index is 1.88. The van der Waals surface area contributed by atoms with Crippen molar-refractivity contribution in [1.82, 2.24) is 10.2 Å². The van der Waals surface area contributed by atoms with Gasteiger partial charge in [-0.1, -0.05) is 6.08 Å². The number of rotatable bonds is 1. The van der Waals surface area contributed by atoms with Gasteiger partial charge in [0.2, 0.25) is 11.8 Å². The summed E-state index contributed by atoms with van der Waals surface area (Å²) in [6.07, 6.45) is 4.07. The van der Waals surface area contributed by atoms with Crippen LogP contribution in [0.3, 0.4) is 0 Å². The highest BCUT2D eigenvalue weighted by atomic mass is 16.2. The number of nitrogens with one attached hydrogen (secondary N) is 1. The lowest BCUT2D eigenvalue weighted by molar-refractivity contribution is -0.142. The van der Waals surface area contributed by atoms with Gasteiger partial charge in [-0.25, -0.2) is 0 Å². The second kappa shape index (κ2) is 4.22. The maximum atomic E-state index is 12.3. The van der Waals surface area contributed by atoms with Crippen LogP contribution >= 0.6 is 0 Å². The molecule has 3 amide bonds. The van der Waals surface area contributed by atoms with Gasteiger partial charge in [0.15, 0.2) is 0 Å². The monoisotopic (exact) mass is 261 g/mol. The summed E-state index contributed by atoms with van der Waals surface area (Å²) in [5, 5.41) is 2.28. The molecule has 2 heterocycles. The first-order valence-electron chi connectivity index (χ1n) is 6.40. The first kappa shape index (κ1) is 12.0. The number of amides is 3. The van der Waals surface area contributed by atoms with E-state index in [9.17, 15) is 14.4 Å². The van der Waals surface area contributed by atoms with Crippen molar-refractivity contribution in [1.29, 1.82) is 0 Å². The van der Waals surface area contributed by atoms with Crippen LogP contribution in [0.2, 0.25) is 0 Å². The lowest BCUT2D eigenvalue weighted by Gasteiger charge is -2.28. The minimum atomic E-state index is -0.558. The van der Waals surface area contributed by atoms with Crippen molar-refractivity contribution in [2.75, 3.05) is 6.54 Å². The zero-order valence-electron chi connectivity index (χ0n) is 10.4. The summed E-state index contributed by atoms with van der Waals surface area (Å²) in [5.74, 6) is -0.807. The van der Waals surface area contributed by atoms with Crippen molar-refractivity contribution in [2.45, 2.75) is 31.7 Å². The molecule has 0 aromatic carbocycles. The van der Waals surface area contributed by atoms with Crippen LogP contribution < -0.4 is 11.1 Å². The van der Waals surface area contributed by atoms with Crippen molar-refractivity contribution >= 4 is 17.7 Å². The highest BCUT2D eigenvalue weighted by Crippen LogP contribution is 2.33. The predicted octanol–water partition coefficient (Wildman–Crippen LogP) is -0.433. The molecule has 6 nitrogen and oxygen atoms in total. The predicted molar refractivity (Wildman–Crippen MR) is 66.4 cm³/mol. The van der Waals surface area contributed by atoms with Gasteiger partial charge in [0.25, 0.3) is 5.91 Å². The van der Waals surface area contributed by atoms with E-state index in [1.54, 1.807) is 0 Å². The van der Waals surface area contributed by atoms with Gasteiger partial charge in [-0.15, -0.1) is 0 Å². The Morgan fingerprint density at radius 3 is 2.74 bits per heavy atom. The zero-order valence-corrected chi connectivity index (χ0v) is 10.4. The van der Waals surface area contributed by atoms with Gasteiger partial charge in [-0.05, 0) is 19.3 Å². The molecule has 0 aromatic rings. The number of piperidine rings is 1. The second-order valence-electron chi connectivity index (χ2n) is 5.06. The first-order valence-corrected chi connectivity index (χ1v) is 6.40. The summed E-state index contributed by atoms with van der Waals surface area (Å²) in [6, 6.07) is -0.558. The van der Waals surface area contributed by atoms with Gasteiger partial charge >= 0.3 is 0 Å². The normalized spacial score (nSPS) is 27.4. The molecule has 0 spiro atoms. The minimum absolute atomic E-state index is 0.146. The average molecular weight is 261 g/mol. The Bertz CT molecular complexity index is 547. The van der Waals surface area contributed by atoms with E-state index in [2.05, 4.69) is 5.32 Å². The fourth-order valence-corrected chi connectivity index (χ4v) is 2.85. The van der Waals surface area contributed by atoms with Crippen LogP contribution in [0.5, 0.6) is 0 Å². The smallest absolute Gasteiger partial charge is 0.254 e. The van der Waals surface area contributed by atoms with Crippen molar-refractivity contribution in [3.63, 3.8) is 0 Å². The number of imide groups is 1. The Labute approximate surface area is 110 Å². The van der Waals surface area contributed by atoms with Gasteiger partial charge in [-0.2, -0.15) is 0 Å². The quantitative estimate of drug-likeness (QED) is 0.626. The summed E-state index contributed by atoms with van der Waals surface area (Å²) < 4.78 is 0. The molecule has 3 N–H and O–H groups in total. The highest BCUT2D eigenvalue weighted by molar-refractivity contribution is 6.07. The summed E-state index contributed by atoms with van der Waals surface area (Å²) in [6.45, 7) is 0.378. The van der Waals surface area contributed by atoms with E-state index in [1.165, 1.54) is 4.90 Å². The van der Waals surface area contributed by atoms with Crippen LogP contribution in [0.25, 0.3) is 0 Å². The van der Waals surface area contributed by atoms with Gasteiger partial charge in [-0.3, -0.25) is 19.7 Å². The SMILES string of the molecule is NC1=C2CN(C3CCC(=O)NC3=O)C(=O)C2=CCC1. The lowest BCUT2D eigenvalue weighted by atomic mass is 9.98. The summed E-state index contributed by atoms with van der Waals surface area (Å²) >= 11 is 0. The molecule has 1 aliphatic carbocycles. The standard InChI is InChI=1S/C13H15N3O3/c14-9-3-1-2-7-8(9)6-16(13(7)19)10-4-5-11(17)15-12(10)18/h2,10H,1,3-6,14H2,(H,15,17,18). The van der Waals surface area contributed by atoms with Crippen molar-refractivity contribution < 1.29 is 14.4 Å². The number of hydrogen-bond donors (Lipinski definition) is 2. The van der Waals surface area contributed by atoms with E-state index in [0.717, 1.165) is 24.1 Å². The van der Waals surface area contributed by atoms with Gasteiger partial charge in [0.1, 0.15) is 6.04 Å². The second-order valence-corrected chi connectivity index (χ2v) is 5.06. The van der Waals surface area contributed by atoms with E-state index in [1.807, 2.05) is 6.08 Å². The summed E-state index contributed by atoms with van der Waals surface area (Å²) in [5.41, 5.74) is 8.15. The molecule has 2 fully saturated rings. The molecule has 0 radical (unpaired) electrons. The molecule has 1 unspecified atom stereocenters. The van der Waals surface area contributed by atoms with E-state index in [0.29, 0.717) is 18.5 Å². The number of carbonyl (C=O) groups excluding carboxylic acids is 3. The van der Waals surface area contributed by atoms with E-state index >= 15 is 0 Å². The maximum absolute atomic E-state index is 12.3. The Kier molecular flexibility index (Phi) is 2.66. The Morgan fingerprint density at radius 2 is 2.05 bits per heavy atom. The topological polar surface area (TPSA) is 92.5 Å². The van der Waals surface area contributed by atoms with Gasteiger partial charge in [0.05, 0.1) is 0 Å². The summed E-state index contributed by atoms with van der Waals surface area (Å²) in [4.78, 5) is 36.8. The number of allylic oxidation sites excluding steroid dienone is 2. The van der Waals surface area contributed by atoms with Crippen LogP contribution in [-0.2, 0) is 14.4 Å². The van der Waals surface area contributed by atoms with Crippen LogP contribution in [0.4, 0.5) is 0 Å². The molecule has 19 heavy (non-hydrogen) atoms. The molecule has 2 saturated heterocycles. The van der Waals surface area contributed by atoms with Crippen molar-refractivity contribution in [2.24, 2.45) is 5.73 Å². The largest absolute Gasteiger partial charge is 0.402 e. The van der Waals surface area contributed by atoms with Gasteiger partial charge < -0.3 is 10.6 Å². The number of carbonyl (C=O) groups is 3. The van der Waals surface area contributed by atoms with E-state index in [-0.39, 0.29) is 24.1 Å². The van der Waals surface area contributed by atoms with Crippen molar-refractivity contribution in [3.05, 3.63) is 22.9 Å². The lowest BCUT2D eigenvalue weighted by Crippen LogP contribution is -2.52. The summed E-state index contributed by atoms with van der Waals surface area (Å²) in [7, 11) is 0. The molecule has 0 saturated carbocycles. The van der Waals surface area contributed by atoms with E-state index in [4.69, 9.17) is 5.73 Å². The number of nitrogens with zero attached hydrogens (tertiary/aromatic N) is 1. The van der Waals surface area contributed by atoms with Crippen LogP contribution in [0.15, 0.2) is 22.9 Å². The molecular weight excluding hydrogens is 246 g/mol.